The van der Waals surface area contributed by atoms with Crippen LogP contribution in [-0.4, -0.2) is 79.0 Å². The van der Waals surface area contributed by atoms with Crippen molar-refractivity contribution in [3.05, 3.63) is 35.6 Å². The van der Waals surface area contributed by atoms with E-state index in [0.717, 1.165) is 56.2 Å². The van der Waals surface area contributed by atoms with Crippen LogP contribution < -0.4 is 9.47 Å². The van der Waals surface area contributed by atoms with Crippen LogP contribution in [0.5, 0.6) is 11.5 Å². The minimum absolute atomic E-state index is 0.00293. The van der Waals surface area contributed by atoms with Crippen molar-refractivity contribution in [3.8, 4) is 11.5 Å². The van der Waals surface area contributed by atoms with Gasteiger partial charge in [-0.15, -0.1) is 0 Å². The summed E-state index contributed by atoms with van der Waals surface area (Å²) in [5.74, 6) is 2.30. The topological polar surface area (TPSA) is 54.5 Å². The van der Waals surface area contributed by atoms with Crippen LogP contribution in [0.4, 0.5) is 4.79 Å². The van der Waals surface area contributed by atoms with Crippen LogP contribution in [0.3, 0.4) is 0 Å². The fraction of sp³-hybridized carbons (Fsp3) is 0.591. The van der Waals surface area contributed by atoms with E-state index in [1.807, 2.05) is 11.0 Å². The van der Waals surface area contributed by atoms with Gasteiger partial charge in [-0.05, 0) is 50.2 Å². The molecular formula is C22H30IN3O4. The molecule has 0 spiro atoms. The van der Waals surface area contributed by atoms with Crippen molar-refractivity contribution in [3.63, 3.8) is 0 Å². The number of carbonyl (C=O) groups excluding carboxylic acids is 1. The van der Waals surface area contributed by atoms with Gasteiger partial charge >= 0.3 is 6.09 Å². The highest BCUT2D eigenvalue weighted by Crippen LogP contribution is 2.49. The summed E-state index contributed by atoms with van der Waals surface area (Å²) in [6.45, 7) is 4.20. The highest BCUT2D eigenvalue weighted by molar-refractivity contribution is 14.1. The number of hydrogen-bond donors (Lipinski definition) is 0. The number of benzene rings is 1. The number of likely N-dealkylation sites (tertiary alicyclic amines) is 1. The first-order chi connectivity index (χ1) is 14.5. The van der Waals surface area contributed by atoms with Crippen LogP contribution in [0.1, 0.15) is 24.8 Å². The molecule has 2 aliphatic heterocycles. The van der Waals surface area contributed by atoms with Crippen molar-refractivity contribution in [1.29, 1.82) is 0 Å². The molecule has 1 aliphatic carbocycles. The summed E-state index contributed by atoms with van der Waals surface area (Å²) in [5, 5.41) is 0. The highest BCUT2D eigenvalue weighted by atomic mass is 127. The first-order valence-electron chi connectivity index (χ1n) is 10.5. The van der Waals surface area contributed by atoms with Gasteiger partial charge in [-0.1, -0.05) is 6.07 Å². The van der Waals surface area contributed by atoms with E-state index in [1.54, 1.807) is 14.2 Å². The summed E-state index contributed by atoms with van der Waals surface area (Å²) < 4.78 is 19.0. The molecule has 7 nitrogen and oxygen atoms in total. The van der Waals surface area contributed by atoms with Crippen LogP contribution in [0.25, 0.3) is 0 Å². The maximum atomic E-state index is 12.6. The molecule has 1 amide bonds. The lowest BCUT2D eigenvalue weighted by Gasteiger charge is -2.40. The Hall–Kier alpha value is -1.52. The van der Waals surface area contributed by atoms with E-state index in [2.05, 4.69) is 56.1 Å². The predicted octanol–water partition coefficient (Wildman–Crippen LogP) is 3.43. The van der Waals surface area contributed by atoms with Gasteiger partial charge in [0.25, 0.3) is 0 Å². The summed E-state index contributed by atoms with van der Waals surface area (Å²) in [5.41, 5.74) is 1.26. The predicted molar refractivity (Wildman–Crippen MR) is 123 cm³/mol. The summed E-state index contributed by atoms with van der Waals surface area (Å²) >= 11 is 2.30. The highest BCUT2D eigenvalue weighted by Gasteiger charge is 2.48. The lowest BCUT2D eigenvalue weighted by molar-refractivity contribution is 0.107. The van der Waals surface area contributed by atoms with Crippen LogP contribution in [0, 0.1) is 0 Å². The molecule has 0 N–H and O–H groups in total. The normalized spacial score (nSPS) is 27.4. The van der Waals surface area contributed by atoms with Crippen molar-refractivity contribution >= 4 is 29.0 Å². The Labute approximate surface area is 192 Å². The lowest BCUT2D eigenvalue weighted by Crippen LogP contribution is -2.46. The van der Waals surface area contributed by atoms with Crippen molar-refractivity contribution < 1.29 is 19.0 Å². The van der Waals surface area contributed by atoms with E-state index in [4.69, 9.17) is 14.2 Å². The average Bonchev–Trinajstić information content (AvgIpc) is 3.11. The quantitative estimate of drug-likeness (QED) is 0.442. The maximum Gasteiger partial charge on any atom is 0.414 e. The number of fused-ring (bicyclic) bond motifs is 1. The lowest BCUT2D eigenvalue weighted by atomic mass is 9.68. The van der Waals surface area contributed by atoms with E-state index < -0.39 is 0 Å². The number of nitrogens with zero attached hydrogens (tertiary/aromatic N) is 3. The molecule has 2 saturated heterocycles. The molecule has 0 bridgehead atoms. The minimum Gasteiger partial charge on any atom is -0.493 e. The van der Waals surface area contributed by atoms with Gasteiger partial charge in [0, 0.05) is 66.9 Å². The summed E-state index contributed by atoms with van der Waals surface area (Å²) in [6.07, 6.45) is 4.72. The van der Waals surface area contributed by atoms with Gasteiger partial charge in [-0.25, -0.2) is 7.91 Å². The van der Waals surface area contributed by atoms with Gasteiger partial charge in [-0.2, -0.15) is 0 Å². The molecule has 1 aromatic rings. The number of halogens is 1. The smallest absolute Gasteiger partial charge is 0.414 e. The molecule has 2 unspecified atom stereocenters. The van der Waals surface area contributed by atoms with E-state index in [1.165, 1.54) is 5.56 Å². The molecule has 0 saturated carbocycles. The number of carbonyl (C=O) groups is 1. The third-order valence-corrected chi connectivity index (χ3v) is 7.74. The number of hydrogen-bond acceptors (Lipinski definition) is 6. The Morgan fingerprint density at radius 1 is 1.07 bits per heavy atom. The van der Waals surface area contributed by atoms with Crippen molar-refractivity contribution in [2.75, 3.05) is 54.0 Å². The number of rotatable bonds is 4. The molecule has 1 aromatic carbocycles. The molecule has 30 heavy (non-hydrogen) atoms. The SMILES string of the molecule is COc1ccc(C23CCC(OC(=O)N4CCN(I)CC4)=CC2N(C)CC3)cc1OC. The van der Waals surface area contributed by atoms with E-state index in [0.29, 0.717) is 13.1 Å². The number of allylic oxidation sites excluding steroid dienone is 1. The number of ether oxygens (including phenoxy) is 3. The zero-order valence-corrected chi connectivity index (χ0v) is 20.1. The van der Waals surface area contributed by atoms with Gasteiger partial charge in [-0.3, -0.25) is 4.90 Å². The summed E-state index contributed by atoms with van der Waals surface area (Å²) in [6, 6.07) is 6.45. The molecule has 2 atom stereocenters. The number of piperazine rings is 1. The molecule has 2 fully saturated rings. The third kappa shape index (κ3) is 4.01. The van der Waals surface area contributed by atoms with Gasteiger partial charge in [0.2, 0.25) is 0 Å². The second-order valence-corrected chi connectivity index (χ2v) is 9.66. The molecule has 0 radical (unpaired) electrons. The number of methoxy groups -OCH3 is 2. The molecule has 164 valence electrons. The van der Waals surface area contributed by atoms with Crippen LogP contribution >= 0.6 is 22.9 Å². The van der Waals surface area contributed by atoms with E-state index in [-0.39, 0.29) is 17.6 Å². The monoisotopic (exact) mass is 527 g/mol. The Morgan fingerprint density at radius 2 is 1.80 bits per heavy atom. The van der Waals surface area contributed by atoms with Gasteiger partial charge in [0.15, 0.2) is 11.5 Å². The molecule has 8 heteroatoms. The van der Waals surface area contributed by atoms with Crippen molar-refractivity contribution in [1.82, 2.24) is 12.9 Å². The Kier molecular flexibility index (Phi) is 6.45. The van der Waals surface area contributed by atoms with Gasteiger partial charge < -0.3 is 19.1 Å². The third-order valence-electron chi connectivity index (χ3n) is 6.77. The zero-order chi connectivity index (χ0) is 21.3. The van der Waals surface area contributed by atoms with Gasteiger partial charge in [0.05, 0.1) is 14.2 Å². The van der Waals surface area contributed by atoms with Gasteiger partial charge in [0.1, 0.15) is 5.76 Å². The Bertz CT molecular complexity index is 825. The average molecular weight is 527 g/mol. The zero-order valence-electron chi connectivity index (χ0n) is 17.9. The molecular weight excluding hydrogens is 497 g/mol. The second kappa shape index (κ2) is 8.92. The van der Waals surface area contributed by atoms with Crippen molar-refractivity contribution in [2.24, 2.45) is 0 Å². The Balaban J connectivity index is 1.55. The summed E-state index contributed by atoms with van der Waals surface area (Å²) in [4.78, 5) is 16.8. The van der Waals surface area contributed by atoms with E-state index >= 15 is 0 Å². The second-order valence-electron chi connectivity index (χ2n) is 8.30. The number of amides is 1. The maximum absolute atomic E-state index is 12.6. The molecule has 4 rings (SSSR count). The first kappa shape index (κ1) is 21.7. The van der Waals surface area contributed by atoms with E-state index in [9.17, 15) is 4.79 Å². The van der Waals surface area contributed by atoms with Crippen LogP contribution in [0.15, 0.2) is 30.0 Å². The standard InChI is InChI=1S/C22H30IN3O4/c1-24-9-8-22(16-4-5-18(28-2)19(14-16)29-3)7-6-17(15-20(22)24)30-21(27)25-10-12-26(23)13-11-25/h4-5,14-15,20H,6-13H2,1-3H3. The molecule has 0 aromatic heterocycles. The molecule has 3 aliphatic rings. The first-order valence-corrected chi connectivity index (χ1v) is 11.4. The fourth-order valence-electron chi connectivity index (χ4n) is 4.98. The van der Waals surface area contributed by atoms with Crippen molar-refractivity contribution in [2.45, 2.75) is 30.7 Å². The largest absolute Gasteiger partial charge is 0.493 e. The molecule has 2 heterocycles. The number of likely N-dealkylation sites (N-methyl/N-ethyl adjacent to an activating group) is 1. The minimum atomic E-state index is -0.218. The van der Waals surface area contributed by atoms with Crippen LogP contribution in [-0.2, 0) is 10.2 Å². The van der Waals surface area contributed by atoms with Crippen LogP contribution in [0.2, 0.25) is 0 Å². The summed E-state index contributed by atoms with van der Waals surface area (Å²) in [7, 11) is 5.48. The Morgan fingerprint density at radius 3 is 2.50 bits per heavy atom. The fourth-order valence-corrected chi connectivity index (χ4v) is 5.41.